The van der Waals surface area contributed by atoms with Crippen LogP contribution in [-0.4, -0.2) is 158 Å². The molecule has 0 bridgehead atoms. The average molecular weight is 1030 g/mol. The zero-order chi connectivity index (χ0) is 53.1. The Morgan fingerprint density at radius 2 is 1.32 bits per heavy atom. The number of piperazine rings is 2. The van der Waals surface area contributed by atoms with Crippen molar-refractivity contribution in [2.45, 2.75) is 65.5 Å². The van der Waals surface area contributed by atoms with Gasteiger partial charge in [0, 0.05) is 119 Å². The molecule has 24 heteroatoms. The van der Waals surface area contributed by atoms with Crippen molar-refractivity contribution in [1.29, 1.82) is 0 Å². The van der Waals surface area contributed by atoms with Gasteiger partial charge in [-0.05, 0) is 53.8 Å². The van der Waals surface area contributed by atoms with E-state index in [1.54, 1.807) is 51.1 Å². The predicted molar refractivity (Wildman–Crippen MR) is 273 cm³/mol. The number of phenols is 1. The minimum atomic E-state index is -1.24. The van der Waals surface area contributed by atoms with Crippen molar-refractivity contribution in [2.24, 2.45) is 11.8 Å². The van der Waals surface area contributed by atoms with Crippen LogP contribution in [0.3, 0.4) is 0 Å². The molecule has 2 fully saturated rings. The van der Waals surface area contributed by atoms with Gasteiger partial charge in [-0.15, -0.1) is 10.2 Å². The molecule has 24 nitrogen and oxygen atoms in total. The van der Waals surface area contributed by atoms with Gasteiger partial charge in [0.2, 0.25) is 29.7 Å². The number of aliphatic hydroxyl groups excluding tert-OH is 1. The maximum absolute atomic E-state index is 14.3. The predicted octanol–water partition coefficient (Wildman–Crippen LogP) is 4.11. The van der Waals surface area contributed by atoms with E-state index in [2.05, 4.69) is 25.9 Å². The maximum Gasteiger partial charge on any atom is 0.336 e. The average Bonchev–Trinajstić information content (AvgIpc) is 4.07. The van der Waals surface area contributed by atoms with Gasteiger partial charge in [-0.1, -0.05) is 50.6 Å². The van der Waals surface area contributed by atoms with E-state index < -0.39 is 24.0 Å². The lowest BCUT2D eigenvalue weighted by Crippen LogP contribution is -2.52. The number of anilines is 4. The van der Waals surface area contributed by atoms with Crippen LogP contribution in [0.4, 0.5) is 23.5 Å². The van der Waals surface area contributed by atoms with Crippen molar-refractivity contribution in [1.82, 2.24) is 54.7 Å². The molecule has 4 aliphatic rings. The van der Waals surface area contributed by atoms with Gasteiger partial charge in [0.1, 0.15) is 29.2 Å². The number of phenolic OH excluding ortho intramolecular Hbond substituents is 1. The molecule has 2 saturated heterocycles. The first-order valence-corrected chi connectivity index (χ1v) is 24.9. The van der Waals surface area contributed by atoms with Crippen LogP contribution in [-0.2, 0) is 27.2 Å². The molecule has 392 valence electrons. The SMILES string of the molecule is CC[C@H](C)[C@@H](C(=O)N1CCN(c2nc(Nc3ccc(-c4c5ccc(=O)cc-5oc5cc(O)ccc45)c(C(=O)O)c3)nc(N3CCN(C(=O)[C@H](C(C)C)n4cc(CCO)nn4)CC3)n2)CC1)n1cc(CCC(=O)O)nn1. The van der Waals surface area contributed by atoms with E-state index in [0.29, 0.717) is 116 Å². The van der Waals surface area contributed by atoms with Crippen LogP contribution < -0.4 is 20.5 Å². The van der Waals surface area contributed by atoms with Crippen LogP contribution in [0.25, 0.3) is 33.4 Å². The van der Waals surface area contributed by atoms with Gasteiger partial charge in [-0.25, -0.2) is 14.2 Å². The van der Waals surface area contributed by atoms with Gasteiger partial charge >= 0.3 is 11.9 Å². The summed E-state index contributed by atoms with van der Waals surface area (Å²) >= 11 is 0. The number of carboxylic acids is 2. The molecule has 0 spiro atoms. The molecule has 3 atom stereocenters. The van der Waals surface area contributed by atoms with Gasteiger partial charge in [0.05, 0.1) is 23.4 Å². The lowest BCUT2D eigenvalue weighted by atomic mass is 9.90. The summed E-state index contributed by atoms with van der Waals surface area (Å²) in [5.41, 5.74) is 2.57. The standard InChI is InChI=1S/C51H58N14O10/c1-5-30(4)45(65-27-32(56-59-65)7-13-42(69)70)47(72)61-17-21-63(22-18-61)51-54-49(53-50(55-51)62-19-15-60(16-20-62)46(71)44(29(2)3)64-28-33(14-23-66)57-58-64)52-31-6-10-36(39(24-31)48(73)74)43-37-11-8-34(67)25-40(37)75-41-26-35(68)9-12-38(41)43/h6,8-12,24-30,44-45,66-67H,5,7,13-23H2,1-4H3,(H,69,70)(H,73,74)(H,52,53,54,55)/t30-,44-,45-/m0/s1. The maximum atomic E-state index is 14.3. The largest absolute Gasteiger partial charge is 0.508 e. The number of aliphatic hydroxyl groups is 1. The van der Waals surface area contributed by atoms with Crippen LogP contribution in [0.1, 0.15) is 74.4 Å². The van der Waals surface area contributed by atoms with Crippen molar-refractivity contribution in [3.63, 3.8) is 0 Å². The number of aromatic carboxylic acids is 1. The second-order valence-corrected chi connectivity index (χ2v) is 19.2. The Kier molecular flexibility index (Phi) is 15.0. The van der Waals surface area contributed by atoms with E-state index in [0.717, 1.165) is 0 Å². The summed E-state index contributed by atoms with van der Waals surface area (Å²) in [6.45, 7) is 10.5. The van der Waals surface area contributed by atoms with Crippen molar-refractivity contribution in [3.05, 3.63) is 94.2 Å². The summed E-state index contributed by atoms with van der Waals surface area (Å²) in [6, 6.07) is 12.3. The van der Waals surface area contributed by atoms with Crippen LogP contribution in [0.2, 0.25) is 0 Å². The highest BCUT2D eigenvalue weighted by molar-refractivity contribution is 6.08. The van der Waals surface area contributed by atoms with E-state index in [-0.39, 0.29) is 77.1 Å². The topological polar surface area (TPSA) is 304 Å². The third-order valence-corrected chi connectivity index (χ3v) is 13.8. The summed E-state index contributed by atoms with van der Waals surface area (Å²) in [7, 11) is 0. The number of carboxylic acid groups (broad SMARTS) is 2. The molecule has 3 aliphatic heterocycles. The van der Waals surface area contributed by atoms with Gasteiger partial charge in [-0.2, -0.15) is 15.0 Å². The number of fused-ring (bicyclic) bond motifs is 2. The molecule has 2 amide bonds. The van der Waals surface area contributed by atoms with E-state index in [4.69, 9.17) is 19.4 Å². The Morgan fingerprint density at radius 1 is 0.720 bits per heavy atom. The third-order valence-electron chi connectivity index (χ3n) is 13.8. The molecular weight excluding hydrogens is 969 g/mol. The monoisotopic (exact) mass is 1030 g/mol. The molecule has 9 rings (SSSR count). The Labute approximate surface area is 429 Å². The first-order valence-electron chi connectivity index (χ1n) is 24.9. The number of aromatic nitrogens is 9. The van der Waals surface area contributed by atoms with Crippen molar-refractivity contribution in [2.75, 3.05) is 74.1 Å². The Hall–Kier alpha value is -8.54. The molecule has 6 heterocycles. The number of carbonyl (C=O) groups is 4. The van der Waals surface area contributed by atoms with Crippen LogP contribution in [0.5, 0.6) is 5.75 Å². The molecule has 1 aliphatic carbocycles. The first-order chi connectivity index (χ1) is 36.1. The number of nitrogens with one attached hydrogen (secondary N) is 1. The molecule has 0 radical (unpaired) electrons. The second-order valence-electron chi connectivity index (χ2n) is 19.2. The number of amides is 2. The van der Waals surface area contributed by atoms with Gasteiger partial charge < -0.3 is 49.8 Å². The van der Waals surface area contributed by atoms with Crippen molar-refractivity contribution < 1.29 is 44.0 Å². The highest BCUT2D eigenvalue weighted by Crippen LogP contribution is 2.43. The summed E-state index contributed by atoms with van der Waals surface area (Å²) in [5.74, 6) is -1.81. The summed E-state index contributed by atoms with van der Waals surface area (Å²) in [4.78, 5) is 87.3. The quantitative estimate of drug-likeness (QED) is 0.0755. The number of aryl methyl sites for hydroxylation is 1. The van der Waals surface area contributed by atoms with Gasteiger partial charge in [-0.3, -0.25) is 19.2 Å². The van der Waals surface area contributed by atoms with Gasteiger partial charge in [0.25, 0.3) is 0 Å². The highest BCUT2D eigenvalue weighted by Gasteiger charge is 2.36. The molecule has 3 aromatic heterocycles. The zero-order valence-electron chi connectivity index (χ0n) is 41.9. The Morgan fingerprint density at radius 3 is 1.91 bits per heavy atom. The molecule has 5 aromatic rings. The molecule has 0 unspecified atom stereocenters. The van der Waals surface area contributed by atoms with Crippen molar-refractivity contribution >= 4 is 58.3 Å². The van der Waals surface area contributed by atoms with E-state index in [1.165, 1.54) is 35.0 Å². The Balaban J connectivity index is 1.01. The lowest BCUT2D eigenvalue weighted by molar-refractivity contribution is -0.138. The van der Waals surface area contributed by atoms with Crippen LogP contribution in [0.15, 0.2) is 76.2 Å². The number of hydrogen-bond acceptors (Lipinski definition) is 18. The number of nitrogens with zero attached hydrogens (tertiary/aromatic N) is 13. The highest BCUT2D eigenvalue weighted by atomic mass is 16.4. The van der Waals surface area contributed by atoms with E-state index in [9.17, 15) is 44.4 Å². The fourth-order valence-corrected chi connectivity index (χ4v) is 9.64. The number of hydrogen-bond donors (Lipinski definition) is 5. The number of carbonyl (C=O) groups excluding carboxylic acids is 2. The Bertz CT molecular complexity index is 3270. The molecule has 75 heavy (non-hydrogen) atoms. The third kappa shape index (κ3) is 11.0. The second kappa shape index (κ2) is 21.9. The van der Waals surface area contributed by atoms with E-state index in [1.807, 2.05) is 37.5 Å². The van der Waals surface area contributed by atoms with Crippen molar-refractivity contribution in [3.8, 4) is 28.2 Å². The van der Waals surface area contributed by atoms with Gasteiger partial charge in [0.15, 0.2) is 5.43 Å². The zero-order valence-corrected chi connectivity index (χ0v) is 41.9. The minimum absolute atomic E-state index is 0.0733. The summed E-state index contributed by atoms with van der Waals surface area (Å²) in [6.07, 6.45) is 4.42. The molecule has 0 saturated carbocycles. The number of aliphatic carboxylic acids is 1. The fourth-order valence-electron chi connectivity index (χ4n) is 9.64. The number of rotatable bonds is 18. The normalized spacial score (nSPS) is 15.4. The van der Waals surface area contributed by atoms with E-state index >= 15 is 0 Å². The van der Waals surface area contributed by atoms with Crippen LogP contribution >= 0.6 is 0 Å². The summed E-state index contributed by atoms with van der Waals surface area (Å²) < 4.78 is 9.11. The lowest BCUT2D eigenvalue weighted by Gasteiger charge is -2.38. The number of benzene rings is 3. The number of aromatic hydroxyl groups is 1. The smallest absolute Gasteiger partial charge is 0.336 e. The fraction of sp³-hybridized carbons (Fsp3) is 0.412. The molecular formula is C51H58N14O10. The summed E-state index contributed by atoms with van der Waals surface area (Å²) in [5, 5.41) is 60.2. The van der Waals surface area contributed by atoms with Crippen LogP contribution in [0, 0.1) is 11.8 Å². The molecule has 5 N–H and O–H groups in total. The first kappa shape index (κ1) is 51.4. The minimum Gasteiger partial charge on any atom is -0.508 e. The molecule has 2 aromatic carbocycles.